The van der Waals surface area contributed by atoms with Crippen molar-refractivity contribution in [1.29, 1.82) is 0 Å². The number of hydrogen-bond donors (Lipinski definition) is 0. The van der Waals surface area contributed by atoms with E-state index in [1.165, 1.54) is 24.3 Å². The van der Waals surface area contributed by atoms with Crippen LogP contribution in [0.2, 0.25) is 0 Å². The summed E-state index contributed by atoms with van der Waals surface area (Å²) in [5.74, 6) is -4.87. The molecular weight excluding hydrogens is 516 g/mol. The van der Waals surface area contributed by atoms with Gasteiger partial charge in [0.05, 0.1) is 36.5 Å². The van der Waals surface area contributed by atoms with Crippen LogP contribution in [0.15, 0.2) is 24.3 Å². The number of carbonyl (C=O) groups excluding carboxylic acids is 4. The third-order valence-corrected chi connectivity index (χ3v) is 8.02. The summed E-state index contributed by atoms with van der Waals surface area (Å²) in [6, 6.07) is 5.67. The molecule has 6 unspecified atom stereocenters. The Labute approximate surface area is 223 Å². The van der Waals surface area contributed by atoms with Crippen molar-refractivity contribution in [2.24, 2.45) is 23.7 Å². The number of hydrogen-bond acceptors (Lipinski definition) is 12. The largest absolute Gasteiger partial charge is 0.458 e. The lowest BCUT2D eigenvalue weighted by atomic mass is 9.78. The van der Waals surface area contributed by atoms with Gasteiger partial charge < -0.3 is 23.7 Å². The number of rotatable bonds is 9. The van der Waals surface area contributed by atoms with Crippen LogP contribution in [-0.4, -0.2) is 85.4 Å². The molecule has 2 saturated heterocycles. The Kier molecular flexibility index (Phi) is 7.29. The van der Waals surface area contributed by atoms with Crippen molar-refractivity contribution >= 4 is 29.6 Å². The van der Waals surface area contributed by atoms with Crippen molar-refractivity contribution in [2.45, 2.75) is 38.1 Å². The maximum Gasteiger partial charge on any atom is 0.344 e. The highest BCUT2D eigenvalue weighted by molar-refractivity contribution is 5.86. The molecule has 13 heteroatoms. The molecule has 0 spiro atoms. The lowest BCUT2D eigenvalue weighted by Gasteiger charge is -2.33. The molecule has 0 radical (unpaired) electrons. The molecule has 6 atom stereocenters. The molecule has 5 rings (SSSR count). The van der Waals surface area contributed by atoms with E-state index >= 15 is 0 Å². The van der Waals surface area contributed by atoms with Crippen LogP contribution in [0, 0.1) is 33.8 Å². The van der Waals surface area contributed by atoms with Crippen LogP contribution in [0.25, 0.3) is 0 Å². The molecule has 0 aromatic heterocycles. The lowest BCUT2D eigenvalue weighted by molar-refractivity contribution is -0.384. The van der Waals surface area contributed by atoms with Gasteiger partial charge in [-0.3, -0.25) is 29.4 Å². The number of carbonyl (C=O) groups is 4. The first-order valence-corrected chi connectivity index (χ1v) is 12.9. The van der Waals surface area contributed by atoms with E-state index in [9.17, 15) is 29.3 Å². The minimum absolute atomic E-state index is 0.0329. The van der Waals surface area contributed by atoms with Gasteiger partial charge in [0.1, 0.15) is 17.8 Å². The Bertz CT molecular complexity index is 1160. The number of morpholine rings is 1. The molecule has 4 aliphatic rings. The van der Waals surface area contributed by atoms with Crippen molar-refractivity contribution in [3.05, 3.63) is 39.9 Å². The monoisotopic (exact) mass is 546 g/mol. The van der Waals surface area contributed by atoms with E-state index in [4.69, 9.17) is 23.7 Å². The first kappa shape index (κ1) is 27.0. The SMILES string of the molecule is CC(C)(OC(=O)C1C2CC3C(OC(=O)C31)C2OC(=O)COC(=O)CN1CCOCC1)c1ccc([N+](=O)[O-])cc1. The van der Waals surface area contributed by atoms with Gasteiger partial charge in [0.25, 0.3) is 5.69 Å². The maximum atomic E-state index is 13.4. The highest BCUT2D eigenvalue weighted by Crippen LogP contribution is 2.59. The van der Waals surface area contributed by atoms with Crippen LogP contribution < -0.4 is 0 Å². The molecule has 2 aliphatic heterocycles. The van der Waals surface area contributed by atoms with Crippen LogP contribution >= 0.6 is 0 Å². The molecule has 2 aliphatic carbocycles. The van der Waals surface area contributed by atoms with Gasteiger partial charge in [0, 0.05) is 37.1 Å². The number of non-ortho nitro benzene ring substituents is 1. The van der Waals surface area contributed by atoms with Crippen LogP contribution in [0.1, 0.15) is 25.8 Å². The van der Waals surface area contributed by atoms with Crippen molar-refractivity contribution in [2.75, 3.05) is 39.5 Å². The van der Waals surface area contributed by atoms with Gasteiger partial charge in [-0.25, -0.2) is 4.79 Å². The van der Waals surface area contributed by atoms with E-state index in [0.29, 0.717) is 38.3 Å². The fourth-order valence-corrected chi connectivity index (χ4v) is 6.14. The quantitative estimate of drug-likeness (QED) is 0.187. The van der Waals surface area contributed by atoms with E-state index in [1.54, 1.807) is 13.8 Å². The van der Waals surface area contributed by atoms with Crippen molar-refractivity contribution in [1.82, 2.24) is 4.90 Å². The minimum atomic E-state index is -1.14. The third-order valence-electron chi connectivity index (χ3n) is 8.02. The van der Waals surface area contributed by atoms with Gasteiger partial charge in [-0.1, -0.05) is 0 Å². The first-order chi connectivity index (χ1) is 18.5. The fourth-order valence-electron chi connectivity index (χ4n) is 6.14. The summed E-state index contributed by atoms with van der Waals surface area (Å²) in [6.45, 7) is 4.98. The van der Waals surface area contributed by atoms with Crippen LogP contribution in [0.5, 0.6) is 0 Å². The molecule has 1 aromatic rings. The number of ether oxygens (including phenoxy) is 5. The normalized spacial score (nSPS) is 29.5. The van der Waals surface area contributed by atoms with E-state index in [0.717, 1.165) is 0 Å². The first-order valence-electron chi connectivity index (χ1n) is 12.9. The van der Waals surface area contributed by atoms with Gasteiger partial charge >= 0.3 is 23.9 Å². The second kappa shape index (κ2) is 10.5. The summed E-state index contributed by atoms with van der Waals surface area (Å²) in [5, 5.41) is 11.0. The van der Waals surface area contributed by atoms with E-state index < -0.39 is 71.0 Å². The molecule has 2 heterocycles. The fraction of sp³-hybridized carbons (Fsp3) is 0.615. The van der Waals surface area contributed by atoms with Gasteiger partial charge in [0.2, 0.25) is 0 Å². The average Bonchev–Trinajstić information content (AvgIpc) is 3.52. The Morgan fingerprint density at radius 2 is 1.79 bits per heavy atom. The van der Waals surface area contributed by atoms with Gasteiger partial charge in [-0.15, -0.1) is 0 Å². The van der Waals surface area contributed by atoms with Gasteiger partial charge in [-0.05, 0) is 38.0 Å². The topological polar surface area (TPSA) is 161 Å². The Morgan fingerprint density at radius 1 is 1.10 bits per heavy atom. The zero-order valence-corrected chi connectivity index (χ0v) is 21.6. The van der Waals surface area contributed by atoms with E-state index in [1.807, 2.05) is 4.90 Å². The number of fused-ring (bicyclic) bond motifs is 1. The molecule has 39 heavy (non-hydrogen) atoms. The van der Waals surface area contributed by atoms with Crippen LogP contribution in [-0.2, 0) is 48.5 Å². The molecule has 13 nitrogen and oxygen atoms in total. The number of nitrogens with zero attached hydrogens (tertiary/aromatic N) is 2. The number of esters is 4. The van der Waals surface area contributed by atoms with Gasteiger partial charge in [0.15, 0.2) is 6.61 Å². The average molecular weight is 547 g/mol. The Hall–Kier alpha value is -3.58. The standard InChI is InChI=1S/C26H30N2O11/c1-26(2,14-3-5-15(6-4-14)28(33)34)39-25(32)21-17-11-16-20(21)24(31)38-23(16)22(17)37-19(30)13-36-18(29)12-27-7-9-35-10-8-27/h3-6,16-17,20-23H,7-13H2,1-2H3. The number of benzene rings is 1. The highest BCUT2D eigenvalue weighted by Gasteiger charge is 2.70. The van der Waals surface area contributed by atoms with Crippen molar-refractivity contribution in [3.63, 3.8) is 0 Å². The molecule has 2 bridgehead atoms. The summed E-state index contributed by atoms with van der Waals surface area (Å²) >= 11 is 0. The Morgan fingerprint density at radius 3 is 2.46 bits per heavy atom. The van der Waals surface area contributed by atoms with Crippen LogP contribution in [0.3, 0.4) is 0 Å². The van der Waals surface area contributed by atoms with Crippen molar-refractivity contribution < 1.29 is 47.8 Å². The maximum absolute atomic E-state index is 13.4. The summed E-state index contributed by atoms with van der Waals surface area (Å²) < 4.78 is 27.2. The molecule has 1 aromatic carbocycles. The van der Waals surface area contributed by atoms with Crippen LogP contribution in [0.4, 0.5) is 5.69 Å². The lowest BCUT2D eigenvalue weighted by Crippen LogP contribution is -2.45. The highest BCUT2D eigenvalue weighted by atomic mass is 16.6. The Balaban J connectivity index is 1.21. The smallest absolute Gasteiger partial charge is 0.344 e. The van der Waals surface area contributed by atoms with Crippen molar-refractivity contribution in [3.8, 4) is 0 Å². The third kappa shape index (κ3) is 5.33. The number of nitro groups is 1. The number of nitro benzene ring substituents is 1. The second-order valence-electron chi connectivity index (χ2n) is 10.8. The molecule has 0 N–H and O–H groups in total. The summed E-state index contributed by atoms with van der Waals surface area (Å²) in [4.78, 5) is 63.0. The zero-order chi connectivity index (χ0) is 27.9. The molecular formula is C26H30N2O11. The molecule has 4 fully saturated rings. The molecule has 0 amide bonds. The summed E-state index contributed by atoms with van der Waals surface area (Å²) in [5.41, 5.74) is -0.694. The summed E-state index contributed by atoms with van der Waals surface area (Å²) in [7, 11) is 0. The molecule has 210 valence electrons. The molecule has 2 saturated carbocycles. The minimum Gasteiger partial charge on any atom is -0.458 e. The second-order valence-corrected chi connectivity index (χ2v) is 10.8. The van der Waals surface area contributed by atoms with E-state index in [-0.39, 0.29) is 18.2 Å². The van der Waals surface area contributed by atoms with E-state index in [2.05, 4.69) is 0 Å². The predicted octanol–water partition coefficient (Wildman–Crippen LogP) is 0.968. The summed E-state index contributed by atoms with van der Waals surface area (Å²) in [6.07, 6.45) is -1.07. The van der Waals surface area contributed by atoms with Gasteiger partial charge in [-0.2, -0.15) is 0 Å². The zero-order valence-electron chi connectivity index (χ0n) is 21.6. The predicted molar refractivity (Wildman–Crippen MR) is 129 cm³/mol.